The Hall–Kier alpha value is -3.64. The van der Waals surface area contributed by atoms with E-state index >= 15 is 0 Å². The van der Waals surface area contributed by atoms with Gasteiger partial charge in [-0.1, -0.05) is 12.1 Å². The zero-order chi connectivity index (χ0) is 27.1. The van der Waals surface area contributed by atoms with Crippen LogP contribution in [-0.2, 0) is 16.6 Å². The van der Waals surface area contributed by atoms with Crippen LogP contribution in [0.2, 0.25) is 0 Å². The number of H-pyrrole nitrogens is 1. The molecule has 1 aliphatic carbocycles. The maximum Gasteiger partial charge on any atom is 0.417 e. The monoisotopic (exact) mass is 532 g/mol. The average molecular weight is 533 g/mol. The second-order valence-corrected chi connectivity index (χ2v) is 9.97. The molecule has 38 heavy (non-hydrogen) atoms. The smallest absolute Gasteiger partial charge is 0.408 e. The van der Waals surface area contributed by atoms with Crippen LogP contribution in [0.5, 0.6) is 0 Å². The van der Waals surface area contributed by atoms with Gasteiger partial charge in [0.2, 0.25) is 5.91 Å². The highest BCUT2D eigenvalue weighted by Gasteiger charge is 2.40. The minimum Gasteiger partial charge on any atom is -0.408 e. The van der Waals surface area contributed by atoms with Crippen LogP contribution in [0.4, 0.5) is 13.2 Å². The normalized spacial score (nSPS) is 22.7. The number of carbonyl (C=O) groups excluding carboxylic acids is 2. The SMILES string of the molecule is O=C(CNC(=O)c1cccc(C(F)(F)F)c1)NC1CN([C@H]2CC[C@@](O)(c3ccc4oc(=O)[nH]c4c3)CC2)C1. The third kappa shape index (κ3) is 5.46. The van der Waals surface area contributed by atoms with E-state index in [1.165, 1.54) is 6.07 Å². The number of likely N-dealkylation sites (tertiary alicyclic amines) is 1. The van der Waals surface area contributed by atoms with E-state index in [0.29, 0.717) is 37.0 Å². The van der Waals surface area contributed by atoms with Gasteiger partial charge in [0.15, 0.2) is 5.58 Å². The number of aliphatic hydroxyl groups is 1. The molecule has 2 heterocycles. The number of halogens is 3. The van der Waals surface area contributed by atoms with Crippen molar-refractivity contribution in [2.24, 2.45) is 0 Å². The Balaban J connectivity index is 1.05. The van der Waals surface area contributed by atoms with Crippen LogP contribution in [0.1, 0.15) is 47.2 Å². The van der Waals surface area contributed by atoms with Crippen molar-refractivity contribution in [1.82, 2.24) is 20.5 Å². The molecule has 1 aliphatic heterocycles. The van der Waals surface area contributed by atoms with Crippen LogP contribution < -0.4 is 16.4 Å². The van der Waals surface area contributed by atoms with Crippen molar-refractivity contribution >= 4 is 22.9 Å². The van der Waals surface area contributed by atoms with Crippen LogP contribution in [0.3, 0.4) is 0 Å². The van der Waals surface area contributed by atoms with Gasteiger partial charge in [0.25, 0.3) is 5.91 Å². The van der Waals surface area contributed by atoms with E-state index in [1.807, 2.05) is 0 Å². The lowest BCUT2D eigenvalue weighted by Crippen LogP contribution is -2.63. The second-order valence-electron chi connectivity index (χ2n) is 9.97. The summed E-state index contributed by atoms with van der Waals surface area (Å²) in [6.45, 7) is 0.936. The van der Waals surface area contributed by atoms with Crippen molar-refractivity contribution in [3.05, 3.63) is 69.7 Å². The largest absolute Gasteiger partial charge is 0.417 e. The number of rotatable bonds is 6. The Morgan fingerprint density at radius 2 is 1.87 bits per heavy atom. The Labute approximate surface area is 215 Å². The number of nitrogens with one attached hydrogen (secondary N) is 3. The number of alkyl halides is 3. The van der Waals surface area contributed by atoms with Crippen LogP contribution in [0, 0.1) is 0 Å². The zero-order valence-electron chi connectivity index (χ0n) is 20.3. The van der Waals surface area contributed by atoms with Gasteiger partial charge in [0.1, 0.15) is 0 Å². The molecular weight excluding hydrogens is 505 g/mol. The molecule has 2 aromatic carbocycles. The summed E-state index contributed by atoms with van der Waals surface area (Å²) in [7, 11) is 0. The van der Waals surface area contributed by atoms with Crippen molar-refractivity contribution in [1.29, 1.82) is 0 Å². The van der Waals surface area contributed by atoms with Gasteiger partial charge in [0.05, 0.1) is 29.3 Å². The van der Waals surface area contributed by atoms with E-state index in [4.69, 9.17) is 4.42 Å². The molecule has 0 unspecified atom stereocenters. The minimum absolute atomic E-state index is 0.0888. The summed E-state index contributed by atoms with van der Waals surface area (Å²) in [6, 6.07) is 9.41. The van der Waals surface area contributed by atoms with E-state index < -0.39 is 34.9 Å². The first-order valence-corrected chi connectivity index (χ1v) is 12.3. The lowest BCUT2D eigenvalue weighted by Gasteiger charge is -2.48. The zero-order valence-corrected chi connectivity index (χ0v) is 20.3. The number of oxazole rings is 1. The number of hydrogen-bond donors (Lipinski definition) is 4. The fourth-order valence-corrected chi connectivity index (χ4v) is 5.26. The highest BCUT2D eigenvalue weighted by atomic mass is 19.4. The molecule has 202 valence electrons. The number of benzene rings is 2. The summed E-state index contributed by atoms with van der Waals surface area (Å²) in [5.41, 5.74) is -0.357. The molecule has 9 nitrogen and oxygen atoms in total. The van der Waals surface area contributed by atoms with Crippen LogP contribution in [-0.4, -0.2) is 58.5 Å². The Kier molecular flexibility index (Phi) is 6.78. The molecule has 3 aromatic rings. The van der Waals surface area contributed by atoms with Gasteiger partial charge in [-0.3, -0.25) is 19.5 Å². The van der Waals surface area contributed by atoms with Gasteiger partial charge >= 0.3 is 11.9 Å². The van der Waals surface area contributed by atoms with Crippen molar-refractivity contribution in [2.45, 2.75) is 49.5 Å². The number of fused-ring (bicyclic) bond motifs is 1. The van der Waals surface area contributed by atoms with Crippen molar-refractivity contribution in [3.8, 4) is 0 Å². The molecule has 0 radical (unpaired) electrons. The first-order chi connectivity index (χ1) is 18.0. The fraction of sp³-hybridized carbons (Fsp3) is 0.423. The minimum atomic E-state index is -4.56. The highest BCUT2D eigenvalue weighted by molar-refractivity contribution is 5.96. The average Bonchev–Trinajstić information content (AvgIpc) is 3.24. The molecule has 2 aliphatic rings. The molecule has 2 fully saturated rings. The van der Waals surface area contributed by atoms with Gasteiger partial charge < -0.3 is 20.2 Å². The number of aromatic amines is 1. The molecule has 0 bridgehead atoms. The molecule has 12 heteroatoms. The molecule has 5 rings (SSSR count). The molecular formula is C26H27F3N4O5. The first-order valence-electron chi connectivity index (χ1n) is 12.3. The summed E-state index contributed by atoms with van der Waals surface area (Å²) in [5, 5.41) is 16.4. The van der Waals surface area contributed by atoms with Crippen molar-refractivity contribution in [3.63, 3.8) is 0 Å². The summed E-state index contributed by atoms with van der Waals surface area (Å²) in [4.78, 5) is 40.7. The first kappa shape index (κ1) is 26.0. The molecule has 4 N–H and O–H groups in total. The summed E-state index contributed by atoms with van der Waals surface area (Å²) < 4.78 is 43.6. The molecule has 1 aromatic heterocycles. The third-order valence-corrected chi connectivity index (χ3v) is 7.39. The topological polar surface area (TPSA) is 128 Å². The number of nitrogens with zero attached hydrogens (tertiary/aromatic N) is 1. The number of aromatic nitrogens is 1. The van der Waals surface area contributed by atoms with Gasteiger partial charge in [-0.2, -0.15) is 13.2 Å². The van der Waals surface area contributed by atoms with Gasteiger partial charge in [-0.05, 0) is 61.6 Å². The van der Waals surface area contributed by atoms with E-state index in [-0.39, 0.29) is 24.2 Å². The van der Waals surface area contributed by atoms with E-state index in [0.717, 1.165) is 36.6 Å². The van der Waals surface area contributed by atoms with E-state index in [9.17, 15) is 32.7 Å². The Morgan fingerprint density at radius 3 is 2.58 bits per heavy atom. The third-order valence-electron chi connectivity index (χ3n) is 7.39. The fourth-order valence-electron chi connectivity index (χ4n) is 5.26. The molecule has 1 saturated heterocycles. The van der Waals surface area contributed by atoms with Gasteiger partial charge in [-0.15, -0.1) is 0 Å². The van der Waals surface area contributed by atoms with Crippen LogP contribution in [0.15, 0.2) is 51.7 Å². The molecule has 1 saturated carbocycles. The lowest BCUT2D eigenvalue weighted by atomic mass is 9.76. The van der Waals surface area contributed by atoms with Gasteiger partial charge in [-0.25, -0.2) is 4.79 Å². The number of carbonyl (C=O) groups is 2. The maximum absolute atomic E-state index is 12.8. The maximum atomic E-state index is 12.8. The number of amides is 2. The van der Waals surface area contributed by atoms with E-state index in [2.05, 4.69) is 20.5 Å². The Morgan fingerprint density at radius 1 is 1.13 bits per heavy atom. The standard InChI is InChI=1S/C26H27F3N4O5/c27-26(28,29)17-3-1-2-15(10-17)23(35)30-12-22(34)31-18-13-33(14-18)19-6-8-25(37,9-7-19)16-4-5-21-20(11-16)32-24(36)38-21/h1-5,10-11,18-19,37H,6-9,12-14H2,(H,30,35)(H,31,34)(H,32,36)/t19-,25-. The predicted octanol–water partition coefficient (Wildman–Crippen LogP) is 2.50. The quantitative estimate of drug-likeness (QED) is 0.386. The van der Waals surface area contributed by atoms with Crippen molar-refractivity contribution in [2.75, 3.05) is 19.6 Å². The molecule has 2 amide bonds. The summed E-state index contributed by atoms with van der Waals surface area (Å²) >= 11 is 0. The second kappa shape index (κ2) is 9.91. The molecule has 0 atom stereocenters. The summed E-state index contributed by atoms with van der Waals surface area (Å²) in [5.74, 6) is -1.71. The van der Waals surface area contributed by atoms with E-state index in [1.54, 1.807) is 18.2 Å². The van der Waals surface area contributed by atoms with Crippen molar-refractivity contribution < 1.29 is 32.3 Å². The predicted molar refractivity (Wildman–Crippen MR) is 130 cm³/mol. The molecule has 0 spiro atoms. The summed E-state index contributed by atoms with van der Waals surface area (Å²) in [6.07, 6.45) is -1.91. The van der Waals surface area contributed by atoms with Gasteiger partial charge in [0, 0.05) is 24.7 Å². The number of hydrogen-bond acceptors (Lipinski definition) is 6. The van der Waals surface area contributed by atoms with Crippen LogP contribution >= 0.6 is 0 Å². The highest BCUT2D eigenvalue weighted by Crippen LogP contribution is 2.40. The Bertz CT molecular complexity index is 1400. The lowest BCUT2D eigenvalue weighted by molar-refractivity contribution is -0.137. The van der Waals surface area contributed by atoms with Crippen LogP contribution in [0.25, 0.3) is 11.1 Å².